The molecule has 2 heterocycles. The van der Waals surface area contributed by atoms with Crippen LogP contribution in [0.4, 0.5) is 0 Å². The Bertz CT molecular complexity index is 705. The number of carbonyl (C=O) groups is 1. The topological polar surface area (TPSA) is 75.6 Å². The first-order valence-corrected chi connectivity index (χ1v) is 8.65. The summed E-state index contributed by atoms with van der Waals surface area (Å²) >= 11 is 4.70. The molecule has 0 unspecified atom stereocenters. The van der Waals surface area contributed by atoms with Gasteiger partial charge in [0, 0.05) is 0 Å². The van der Waals surface area contributed by atoms with E-state index in [0.717, 1.165) is 5.56 Å². The van der Waals surface area contributed by atoms with Gasteiger partial charge in [-0.05, 0) is 31.6 Å². The van der Waals surface area contributed by atoms with E-state index >= 15 is 0 Å². The number of hydrogen-bond donors (Lipinski definition) is 0. The predicted octanol–water partition coefficient (Wildman–Crippen LogP) is 2.09. The van der Waals surface area contributed by atoms with Gasteiger partial charge in [0.25, 0.3) is 5.72 Å². The van der Waals surface area contributed by atoms with Crippen molar-refractivity contribution in [3.05, 3.63) is 35.9 Å². The average Bonchev–Trinajstić information content (AvgIpc) is 3.08. The molecule has 0 aromatic heterocycles. The molecule has 0 amide bonds. The fourth-order valence-electron chi connectivity index (χ4n) is 3.24. The lowest BCUT2D eigenvalue weighted by atomic mass is 10.0. The minimum Gasteiger partial charge on any atom is -0.465 e. The summed E-state index contributed by atoms with van der Waals surface area (Å²) in [5.41, 5.74) is -0.711. The third kappa shape index (κ3) is 3.57. The van der Waals surface area contributed by atoms with Gasteiger partial charge in [0.1, 0.15) is 12.2 Å². The van der Waals surface area contributed by atoms with Crippen molar-refractivity contribution in [3.8, 4) is 0 Å². The van der Waals surface area contributed by atoms with Crippen molar-refractivity contribution in [2.24, 2.45) is 4.99 Å². The van der Waals surface area contributed by atoms with E-state index in [2.05, 4.69) is 10.2 Å². The highest BCUT2D eigenvalue weighted by atomic mass is 32.1. The first-order valence-electron chi connectivity index (χ1n) is 8.24. The number of isothiocyanates is 1. The van der Waals surface area contributed by atoms with Crippen molar-refractivity contribution in [1.29, 1.82) is 0 Å². The molecule has 2 aliphatic rings. The largest absolute Gasteiger partial charge is 0.465 e. The number of methoxy groups -OCH3 is 1. The van der Waals surface area contributed by atoms with Crippen LogP contribution in [-0.4, -0.2) is 54.7 Å². The molecule has 0 aliphatic carbocycles. The number of hydrogen-bond acceptors (Lipinski definition) is 8. The van der Waals surface area contributed by atoms with E-state index in [-0.39, 0.29) is 6.61 Å². The van der Waals surface area contributed by atoms with E-state index in [9.17, 15) is 4.79 Å². The summed E-state index contributed by atoms with van der Waals surface area (Å²) in [6.45, 7) is 4.12. The summed E-state index contributed by atoms with van der Waals surface area (Å²) < 4.78 is 28.3. The van der Waals surface area contributed by atoms with Crippen LogP contribution in [-0.2, 0) is 35.1 Å². The normalized spacial score (nSPS) is 31.9. The third-order valence-corrected chi connectivity index (χ3v) is 4.39. The van der Waals surface area contributed by atoms with E-state index in [1.54, 1.807) is 13.8 Å². The maximum absolute atomic E-state index is 12.4. The molecule has 0 bridgehead atoms. The van der Waals surface area contributed by atoms with Gasteiger partial charge in [-0.1, -0.05) is 30.3 Å². The number of nitrogens with zero attached hydrogens (tertiary/aromatic N) is 1. The van der Waals surface area contributed by atoms with E-state index in [0.29, 0.717) is 6.61 Å². The number of esters is 1. The number of ether oxygens (including phenoxy) is 5. The molecule has 0 saturated carbocycles. The van der Waals surface area contributed by atoms with Crippen LogP contribution in [0.1, 0.15) is 19.4 Å². The molecule has 2 fully saturated rings. The molecule has 140 valence electrons. The van der Waals surface area contributed by atoms with E-state index < -0.39 is 35.8 Å². The SMILES string of the molecule is COC(=O)[C@@]1(N=C=S)O[C@H](COCc2ccccc2)[C@H]2OC(C)(C)O[C@H]21. The quantitative estimate of drug-likeness (QED) is 0.426. The van der Waals surface area contributed by atoms with Crippen LogP contribution in [0.25, 0.3) is 0 Å². The predicted molar refractivity (Wildman–Crippen MR) is 94.6 cm³/mol. The second kappa shape index (κ2) is 7.52. The summed E-state index contributed by atoms with van der Waals surface area (Å²) in [5, 5.41) is 2.21. The Kier molecular flexibility index (Phi) is 5.53. The van der Waals surface area contributed by atoms with E-state index in [4.69, 9.17) is 35.9 Å². The number of carbonyl (C=O) groups excluding carboxylic acids is 1. The fourth-order valence-corrected chi connectivity index (χ4v) is 3.37. The molecule has 0 N–H and O–H groups in total. The van der Waals surface area contributed by atoms with Crippen LogP contribution >= 0.6 is 12.2 Å². The molecule has 1 aromatic carbocycles. The van der Waals surface area contributed by atoms with Crippen LogP contribution in [0.3, 0.4) is 0 Å². The summed E-state index contributed by atoms with van der Waals surface area (Å²) in [4.78, 5) is 16.4. The van der Waals surface area contributed by atoms with Gasteiger partial charge < -0.3 is 23.7 Å². The zero-order valence-electron chi connectivity index (χ0n) is 14.8. The number of benzene rings is 1. The molecule has 8 heteroatoms. The maximum Gasteiger partial charge on any atom is 0.365 e. The molecule has 1 aromatic rings. The highest BCUT2D eigenvalue weighted by molar-refractivity contribution is 7.78. The van der Waals surface area contributed by atoms with Gasteiger partial charge in [0.05, 0.1) is 25.5 Å². The van der Waals surface area contributed by atoms with E-state index in [1.807, 2.05) is 30.3 Å². The van der Waals surface area contributed by atoms with Gasteiger partial charge in [-0.25, -0.2) is 4.79 Å². The first-order chi connectivity index (χ1) is 12.4. The number of rotatable bonds is 6. The minimum absolute atomic E-state index is 0.196. The van der Waals surface area contributed by atoms with Gasteiger partial charge in [0.2, 0.25) is 0 Å². The van der Waals surface area contributed by atoms with Crippen LogP contribution in [0.2, 0.25) is 0 Å². The standard InChI is InChI=1S/C18H21NO6S/c1-17(2)24-14-13(10-22-9-12-7-5-4-6-8-12)23-18(19-11-26,15(14)25-17)16(20)21-3/h4-8,13-15H,9-10H2,1-3H3/t13-,14-,15-,18+/m1/s1. The Balaban J connectivity index is 1.78. The molecule has 2 aliphatic heterocycles. The molecular weight excluding hydrogens is 358 g/mol. The summed E-state index contributed by atoms with van der Waals surface area (Å²) in [7, 11) is 1.25. The second-order valence-electron chi connectivity index (χ2n) is 6.57. The van der Waals surface area contributed by atoms with Gasteiger partial charge in [-0.15, -0.1) is 0 Å². The fraction of sp³-hybridized carbons (Fsp3) is 0.556. The Hall–Kier alpha value is -1.67. The summed E-state index contributed by atoms with van der Waals surface area (Å²) in [5.74, 6) is -1.61. The number of fused-ring (bicyclic) bond motifs is 1. The molecule has 0 radical (unpaired) electrons. The van der Waals surface area contributed by atoms with Crippen LogP contribution < -0.4 is 0 Å². The van der Waals surface area contributed by atoms with Crippen LogP contribution in [0.15, 0.2) is 35.3 Å². The molecule has 0 spiro atoms. The smallest absolute Gasteiger partial charge is 0.365 e. The summed E-state index contributed by atoms with van der Waals surface area (Å²) in [6, 6.07) is 9.74. The molecule has 26 heavy (non-hydrogen) atoms. The van der Waals surface area contributed by atoms with Gasteiger partial charge >= 0.3 is 5.97 Å². The Morgan fingerprint density at radius 2 is 2.00 bits per heavy atom. The molecule has 7 nitrogen and oxygen atoms in total. The van der Waals surface area contributed by atoms with Crippen molar-refractivity contribution in [2.45, 2.75) is 50.3 Å². The zero-order valence-corrected chi connectivity index (χ0v) is 15.7. The van der Waals surface area contributed by atoms with Crippen LogP contribution in [0.5, 0.6) is 0 Å². The van der Waals surface area contributed by atoms with Crippen molar-refractivity contribution in [1.82, 2.24) is 0 Å². The van der Waals surface area contributed by atoms with Crippen molar-refractivity contribution in [2.75, 3.05) is 13.7 Å². The molecule has 4 atom stereocenters. The highest BCUT2D eigenvalue weighted by Gasteiger charge is 2.67. The van der Waals surface area contributed by atoms with Gasteiger partial charge in [-0.3, -0.25) is 0 Å². The van der Waals surface area contributed by atoms with Crippen molar-refractivity contribution in [3.63, 3.8) is 0 Å². The minimum atomic E-state index is -1.74. The average molecular weight is 379 g/mol. The Morgan fingerprint density at radius 1 is 1.27 bits per heavy atom. The monoisotopic (exact) mass is 379 g/mol. The Morgan fingerprint density at radius 3 is 2.65 bits per heavy atom. The molecule has 3 rings (SSSR count). The number of aliphatic imine (C=N–C) groups is 1. The van der Waals surface area contributed by atoms with Crippen LogP contribution in [0, 0.1) is 0 Å². The third-order valence-electron chi connectivity index (χ3n) is 4.30. The lowest BCUT2D eigenvalue weighted by molar-refractivity contribution is -0.220. The Labute approximate surface area is 157 Å². The lowest BCUT2D eigenvalue weighted by Gasteiger charge is -2.28. The lowest BCUT2D eigenvalue weighted by Crippen LogP contribution is -2.49. The first kappa shape index (κ1) is 19.1. The second-order valence-corrected chi connectivity index (χ2v) is 6.75. The number of thiocarbonyl (C=S) groups is 1. The maximum atomic E-state index is 12.4. The molecular formula is C18H21NO6S. The summed E-state index contributed by atoms with van der Waals surface area (Å²) in [6.07, 6.45) is -1.92. The van der Waals surface area contributed by atoms with Gasteiger partial charge in [0.15, 0.2) is 11.9 Å². The zero-order chi connectivity index (χ0) is 18.8. The van der Waals surface area contributed by atoms with Gasteiger partial charge in [-0.2, -0.15) is 4.99 Å². The highest BCUT2D eigenvalue weighted by Crippen LogP contribution is 2.45. The van der Waals surface area contributed by atoms with Crippen molar-refractivity contribution >= 4 is 23.3 Å². The van der Waals surface area contributed by atoms with E-state index in [1.165, 1.54) is 7.11 Å². The van der Waals surface area contributed by atoms with Crippen molar-refractivity contribution < 1.29 is 28.5 Å². The molecule has 2 saturated heterocycles.